The first kappa shape index (κ1) is 18.8. The summed E-state index contributed by atoms with van der Waals surface area (Å²) in [6, 6.07) is 11.8. The maximum Gasteiger partial charge on any atom is 0.248 e. The maximum atomic E-state index is 14.2. The second kappa shape index (κ2) is 6.64. The van der Waals surface area contributed by atoms with Gasteiger partial charge in [-0.25, -0.2) is 4.39 Å². The lowest BCUT2D eigenvalue weighted by Gasteiger charge is -2.52. The van der Waals surface area contributed by atoms with Gasteiger partial charge in [-0.3, -0.25) is 14.4 Å². The van der Waals surface area contributed by atoms with Gasteiger partial charge in [-0.05, 0) is 41.0 Å². The van der Waals surface area contributed by atoms with Crippen molar-refractivity contribution in [1.29, 1.82) is 0 Å². The number of piperazine rings is 1. The van der Waals surface area contributed by atoms with Gasteiger partial charge in [0.05, 0.1) is 11.1 Å². The van der Waals surface area contributed by atoms with Crippen LogP contribution in [0.3, 0.4) is 0 Å². The van der Waals surface area contributed by atoms with E-state index in [9.17, 15) is 18.8 Å². The number of halogens is 2. The van der Waals surface area contributed by atoms with Crippen LogP contribution in [0.4, 0.5) is 4.39 Å². The van der Waals surface area contributed by atoms with Gasteiger partial charge >= 0.3 is 0 Å². The van der Waals surface area contributed by atoms with Crippen molar-refractivity contribution in [3.05, 3.63) is 88.7 Å². The number of benzene rings is 2. The molecule has 7 heteroatoms. The molecule has 3 atom stereocenters. The fourth-order valence-electron chi connectivity index (χ4n) is 4.69. The Kier molecular flexibility index (Phi) is 4.15. The summed E-state index contributed by atoms with van der Waals surface area (Å²) in [4.78, 5) is 39.9. The lowest BCUT2D eigenvalue weighted by atomic mass is 9.72. The van der Waals surface area contributed by atoms with Gasteiger partial charge in [-0.2, -0.15) is 0 Å². The molecule has 2 heterocycles. The standard InChI is InChI=1S/C23H16ClFN2O3/c24-17-7-6-14(10-18(17)25)21-22(30)26-19-11-15(28)8-9-23(19)16(12-20(29)27(21)23)13-4-2-1-3-5-13/h1-10,12,19,21H,11H2,(H,26,30)/t19-,21-,23-/m1/s1. The summed E-state index contributed by atoms with van der Waals surface area (Å²) in [5.74, 6) is -1.63. The normalized spacial score (nSPS) is 27.5. The van der Waals surface area contributed by atoms with Crippen molar-refractivity contribution in [2.45, 2.75) is 24.0 Å². The van der Waals surface area contributed by atoms with E-state index in [1.165, 1.54) is 35.3 Å². The number of ketones is 1. The van der Waals surface area contributed by atoms with E-state index in [4.69, 9.17) is 11.6 Å². The molecule has 0 aromatic heterocycles. The average molecular weight is 423 g/mol. The van der Waals surface area contributed by atoms with Crippen LogP contribution < -0.4 is 5.32 Å². The number of carbonyl (C=O) groups excluding carboxylic acids is 3. The molecule has 1 aliphatic carbocycles. The molecular weight excluding hydrogens is 407 g/mol. The molecule has 0 radical (unpaired) electrons. The van der Waals surface area contributed by atoms with Gasteiger partial charge in [-0.1, -0.05) is 48.0 Å². The number of nitrogens with zero attached hydrogens (tertiary/aromatic N) is 1. The highest BCUT2D eigenvalue weighted by molar-refractivity contribution is 6.30. The molecule has 150 valence electrons. The lowest BCUT2D eigenvalue weighted by molar-refractivity contribution is -0.147. The summed E-state index contributed by atoms with van der Waals surface area (Å²) in [7, 11) is 0. The van der Waals surface area contributed by atoms with E-state index in [0.717, 1.165) is 5.56 Å². The van der Waals surface area contributed by atoms with Crippen molar-refractivity contribution < 1.29 is 18.8 Å². The van der Waals surface area contributed by atoms with Crippen molar-refractivity contribution >= 4 is 34.8 Å². The van der Waals surface area contributed by atoms with Crippen molar-refractivity contribution in [2.24, 2.45) is 0 Å². The van der Waals surface area contributed by atoms with Gasteiger partial charge in [0, 0.05) is 12.5 Å². The molecule has 1 saturated heterocycles. The predicted octanol–water partition coefficient (Wildman–Crippen LogP) is 3.21. The molecule has 1 spiro atoms. The number of hydrogen-bond acceptors (Lipinski definition) is 3. The minimum absolute atomic E-state index is 0.0674. The second-order valence-corrected chi connectivity index (χ2v) is 8.01. The molecular formula is C23H16ClFN2O3. The van der Waals surface area contributed by atoms with E-state index in [0.29, 0.717) is 11.1 Å². The molecule has 1 N–H and O–H groups in total. The van der Waals surface area contributed by atoms with Crippen LogP contribution in [0.15, 0.2) is 66.8 Å². The van der Waals surface area contributed by atoms with E-state index in [1.807, 2.05) is 30.3 Å². The zero-order valence-corrected chi connectivity index (χ0v) is 16.4. The largest absolute Gasteiger partial charge is 0.348 e. The van der Waals surface area contributed by atoms with Crippen LogP contribution in [0.1, 0.15) is 23.6 Å². The molecule has 2 aromatic rings. The first-order chi connectivity index (χ1) is 14.4. The van der Waals surface area contributed by atoms with Gasteiger partial charge in [0.2, 0.25) is 11.8 Å². The average Bonchev–Trinajstić information content (AvgIpc) is 3.02. The fraction of sp³-hybridized carbons (Fsp3) is 0.174. The zero-order valence-electron chi connectivity index (χ0n) is 15.6. The summed E-state index contributed by atoms with van der Waals surface area (Å²) < 4.78 is 14.2. The minimum Gasteiger partial charge on any atom is -0.348 e. The Hall–Kier alpha value is -3.25. The first-order valence-corrected chi connectivity index (χ1v) is 9.88. The van der Waals surface area contributed by atoms with Crippen molar-refractivity contribution in [3.8, 4) is 0 Å². The van der Waals surface area contributed by atoms with Crippen LogP contribution in [0, 0.1) is 5.82 Å². The first-order valence-electron chi connectivity index (χ1n) is 9.50. The molecule has 1 fully saturated rings. The Labute approximate surface area is 176 Å². The number of carbonyl (C=O) groups is 3. The third-order valence-electron chi connectivity index (χ3n) is 5.96. The maximum absolute atomic E-state index is 14.2. The smallest absolute Gasteiger partial charge is 0.248 e. The van der Waals surface area contributed by atoms with E-state index >= 15 is 0 Å². The minimum atomic E-state index is -1.06. The van der Waals surface area contributed by atoms with Gasteiger partial charge in [0.1, 0.15) is 17.4 Å². The summed E-state index contributed by atoms with van der Waals surface area (Å²) in [5, 5.41) is 2.84. The number of nitrogens with one attached hydrogen (secondary N) is 1. The summed E-state index contributed by atoms with van der Waals surface area (Å²) in [5.41, 5.74) is 0.783. The zero-order chi connectivity index (χ0) is 21.0. The third kappa shape index (κ3) is 2.57. The van der Waals surface area contributed by atoms with E-state index in [2.05, 4.69) is 5.32 Å². The monoisotopic (exact) mass is 422 g/mol. The van der Waals surface area contributed by atoms with Crippen LogP contribution in [-0.4, -0.2) is 34.1 Å². The van der Waals surface area contributed by atoms with E-state index < -0.39 is 29.3 Å². The highest BCUT2D eigenvalue weighted by Crippen LogP contribution is 2.50. The molecule has 30 heavy (non-hydrogen) atoms. The number of rotatable bonds is 2. The molecule has 0 bridgehead atoms. The molecule has 3 aliphatic rings. The van der Waals surface area contributed by atoms with Crippen molar-refractivity contribution in [3.63, 3.8) is 0 Å². The Bertz CT molecular complexity index is 1160. The summed E-state index contributed by atoms with van der Waals surface area (Å²) in [6.45, 7) is 0. The number of hydrogen-bond donors (Lipinski definition) is 1. The highest BCUT2D eigenvalue weighted by Gasteiger charge is 2.60. The Morgan fingerprint density at radius 1 is 1.10 bits per heavy atom. The molecule has 0 unspecified atom stereocenters. The predicted molar refractivity (Wildman–Crippen MR) is 109 cm³/mol. The van der Waals surface area contributed by atoms with Crippen molar-refractivity contribution in [1.82, 2.24) is 10.2 Å². The Morgan fingerprint density at radius 3 is 2.60 bits per heavy atom. The molecule has 0 saturated carbocycles. The molecule has 2 aliphatic heterocycles. The van der Waals surface area contributed by atoms with Crippen LogP contribution >= 0.6 is 11.6 Å². The summed E-state index contributed by atoms with van der Waals surface area (Å²) in [6.07, 6.45) is 4.71. The van der Waals surface area contributed by atoms with Crippen LogP contribution in [0.25, 0.3) is 5.57 Å². The SMILES string of the molecule is O=C1C=C[C@]23C(c4ccccc4)=CC(=O)N2[C@H](c2ccc(Cl)c(F)c2)C(=O)N[C@@H]3C1. The topological polar surface area (TPSA) is 66.5 Å². The van der Waals surface area contributed by atoms with Gasteiger partial charge < -0.3 is 10.2 Å². The number of allylic oxidation sites excluding steroid dienone is 1. The van der Waals surface area contributed by atoms with Crippen LogP contribution in [0.5, 0.6) is 0 Å². The fourth-order valence-corrected chi connectivity index (χ4v) is 4.81. The van der Waals surface area contributed by atoms with E-state index in [1.54, 1.807) is 6.08 Å². The van der Waals surface area contributed by atoms with Crippen LogP contribution in [0.2, 0.25) is 5.02 Å². The second-order valence-electron chi connectivity index (χ2n) is 7.60. The third-order valence-corrected chi connectivity index (χ3v) is 6.27. The van der Waals surface area contributed by atoms with Crippen molar-refractivity contribution in [2.75, 3.05) is 0 Å². The van der Waals surface area contributed by atoms with E-state index in [-0.39, 0.29) is 23.1 Å². The quantitative estimate of drug-likeness (QED) is 0.808. The van der Waals surface area contributed by atoms with Gasteiger partial charge in [0.15, 0.2) is 5.78 Å². The molecule has 2 aromatic carbocycles. The molecule has 5 rings (SSSR count). The number of amides is 2. The van der Waals surface area contributed by atoms with Gasteiger partial charge in [-0.15, -0.1) is 0 Å². The Balaban J connectivity index is 1.72. The van der Waals surface area contributed by atoms with Gasteiger partial charge in [0.25, 0.3) is 0 Å². The Morgan fingerprint density at radius 2 is 1.87 bits per heavy atom. The molecule has 2 amide bonds. The highest BCUT2D eigenvalue weighted by atomic mass is 35.5. The molecule has 5 nitrogen and oxygen atoms in total. The lowest BCUT2D eigenvalue weighted by Crippen LogP contribution is -2.69. The van der Waals surface area contributed by atoms with Crippen LogP contribution in [-0.2, 0) is 14.4 Å². The summed E-state index contributed by atoms with van der Waals surface area (Å²) >= 11 is 5.81.